The van der Waals surface area contributed by atoms with Crippen molar-refractivity contribution in [2.75, 3.05) is 11.9 Å². The standard InChI is InChI=1S/C19H21FN2O3/c1-4-24-17-9-6-15(7-10-17)12-21-25-14(3)19(23)22-16-8-5-13(2)18(20)11-16/h5-12,14H,4H2,1-3H3,(H,22,23)/b21-12+. The molecule has 1 unspecified atom stereocenters. The lowest BCUT2D eigenvalue weighted by molar-refractivity contribution is -0.126. The van der Waals surface area contributed by atoms with Gasteiger partial charge in [0.25, 0.3) is 5.91 Å². The minimum atomic E-state index is -0.816. The van der Waals surface area contributed by atoms with E-state index in [1.54, 1.807) is 26.0 Å². The number of benzene rings is 2. The van der Waals surface area contributed by atoms with E-state index in [9.17, 15) is 9.18 Å². The molecule has 6 heteroatoms. The van der Waals surface area contributed by atoms with E-state index in [2.05, 4.69) is 10.5 Å². The van der Waals surface area contributed by atoms with Crippen LogP contribution in [0.1, 0.15) is 25.0 Å². The highest BCUT2D eigenvalue weighted by Crippen LogP contribution is 2.14. The molecule has 1 N–H and O–H groups in total. The molecule has 0 radical (unpaired) electrons. The van der Waals surface area contributed by atoms with Crippen molar-refractivity contribution < 1.29 is 18.8 Å². The average Bonchev–Trinajstić information content (AvgIpc) is 2.60. The Bertz CT molecular complexity index is 745. The Hall–Kier alpha value is -2.89. The van der Waals surface area contributed by atoms with Crippen LogP contribution in [-0.2, 0) is 9.63 Å². The fourth-order valence-electron chi connectivity index (χ4n) is 1.96. The smallest absolute Gasteiger partial charge is 0.267 e. The Balaban J connectivity index is 1.86. The second-order valence-corrected chi connectivity index (χ2v) is 5.44. The number of aryl methyl sites for hydroxylation is 1. The molecule has 0 bridgehead atoms. The summed E-state index contributed by atoms with van der Waals surface area (Å²) in [5, 5.41) is 6.40. The van der Waals surface area contributed by atoms with Crippen LogP contribution >= 0.6 is 0 Å². The average molecular weight is 344 g/mol. The van der Waals surface area contributed by atoms with Gasteiger partial charge in [-0.1, -0.05) is 11.2 Å². The van der Waals surface area contributed by atoms with Gasteiger partial charge in [0, 0.05) is 5.69 Å². The van der Waals surface area contributed by atoms with Crippen LogP contribution in [0.15, 0.2) is 47.6 Å². The number of rotatable bonds is 7. The number of ether oxygens (including phenoxy) is 1. The third kappa shape index (κ3) is 5.60. The number of carbonyl (C=O) groups excluding carboxylic acids is 1. The Kier molecular flexibility index (Phi) is 6.51. The fourth-order valence-corrected chi connectivity index (χ4v) is 1.96. The zero-order valence-corrected chi connectivity index (χ0v) is 14.5. The minimum Gasteiger partial charge on any atom is -0.494 e. The summed E-state index contributed by atoms with van der Waals surface area (Å²) in [4.78, 5) is 17.2. The van der Waals surface area contributed by atoms with Crippen LogP contribution in [0.25, 0.3) is 0 Å². The molecule has 5 nitrogen and oxygen atoms in total. The first-order chi connectivity index (χ1) is 12.0. The van der Waals surface area contributed by atoms with Gasteiger partial charge in [0.1, 0.15) is 11.6 Å². The van der Waals surface area contributed by atoms with E-state index in [0.717, 1.165) is 11.3 Å². The molecular weight excluding hydrogens is 323 g/mol. The largest absolute Gasteiger partial charge is 0.494 e. The molecule has 0 saturated heterocycles. The molecule has 2 aromatic rings. The second-order valence-electron chi connectivity index (χ2n) is 5.44. The van der Waals surface area contributed by atoms with Crippen molar-refractivity contribution in [2.24, 2.45) is 5.16 Å². The summed E-state index contributed by atoms with van der Waals surface area (Å²) in [7, 11) is 0. The summed E-state index contributed by atoms with van der Waals surface area (Å²) < 4.78 is 18.8. The van der Waals surface area contributed by atoms with E-state index in [0.29, 0.717) is 17.9 Å². The van der Waals surface area contributed by atoms with Crippen LogP contribution in [0.2, 0.25) is 0 Å². The van der Waals surface area contributed by atoms with E-state index >= 15 is 0 Å². The van der Waals surface area contributed by atoms with Crippen LogP contribution in [0, 0.1) is 12.7 Å². The van der Waals surface area contributed by atoms with Crippen LogP contribution in [0.3, 0.4) is 0 Å². The number of amides is 1. The molecule has 0 aliphatic heterocycles. The zero-order valence-electron chi connectivity index (χ0n) is 14.5. The molecule has 0 heterocycles. The predicted molar refractivity (Wildman–Crippen MR) is 95.5 cm³/mol. The molecule has 0 fully saturated rings. The first-order valence-corrected chi connectivity index (χ1v) is 7.98. The molecule has 0 aliphatic rings. The van der Waals surface area contributed by atoms with Crippen molar-refractivity contribution in [1.82, 2.24) is 0 Å². The van der Waals surface area contributed by atoms with Gasteiger partial charge in [-0.05, 0) is 68.3 Å². The molecule has 0 aromatic heterocycles. The molecule has 0 aliphatic carbocycles. The number of oxime groups is 1. The van der Waals surface area contributed by atoms with Gasteiger partial charge in [-0.3, -0.25) is 4.79 Å². The molecule has 0 spiro atoms. The normalized spacial score (nSPS) is 12.0. The predicted octanol–water partition coefficient (Wildman–Crippen LogP) is 3.91. The first kappa shape index (κ1) is 18.4. The van der Waals surface area contributed by atoms with Gasteiger partial charge in [-0.2, -0.15) is 0 Å². The molecule has 1 amide bonds. The Morgan fingerprint density at radius 2 is 2.00 bits per heavy atom. The van der Waals surface area contributed by atoms with Crippen molar-refractivity contribution in [3.63, 3.8) is 0 Å². The Morgan fingerprint density at radius 1 is 1.28 bits per heavy atom. The molecule has 0 saturated carbocycles. The molecule has 132 valence electrons. The highest BCUT2D eigenvalue weighted by Gasteiger charge is 2.14. The van der Waals surface area contributed by atoms with Crippen LogP contribution < -0.4 is 10.1 Å². The van der Waals surface area contributed by atoms with Crippen molar-refractivity contribution in [2.45, 2.75) is 26.9 Å². The summed E-state index contributed by atoms with van der Waals surface area (Å²) in [6.07, 6.45) is 0.689. The fraction of sp³-hybridized carbons (Fsp3) is 0.263. The highest BCUT2D eigenvalue weighted by molar-refractivity contribution is 5.94. The first-order valence-electron chi connectivity index (χ1n) is 7.98. The number of nitrogens with one attached hydrogen (secondary N) is 1. The second kappa shape index (κ2) is 8.82. The monoisotopic (exact) mass is 344 g/mol. The van der Waals surface area contributed by atoms with Gasteiger partial charge in [0.15, 0.2) is 0 Å². The van der Waals surface area contributed by atoms with Crippen molar-refractivity contribution >= 4 is 17.8 Å². The van der Waals surface area contributed by atoms with E-state index in [1.807, 2.05) is 31.2 Å². The molecule has 25 heavy (non-hydrogen) atoms. The lowest BCUT2D eigenvalue weighted by Gasteiger charge is -2.11. The summed E-state index contributed by atoms with van der Waals surface area (Å²) >= 11 is 0. The highest BCUT2D eigenvalue weighted by atomic mass is 19.1. The number of anilines is 1. The maximum absolute atomic E-state index is 13.5. The van der Waals surface area contributed by atoms with Gasteiger partial charge in [-0.15, -0.1) is 0 Å². The topological polar surface area (TPSA) is 59.9 Å². The molecule has 2 rings (SSSR count). The van der Waals surface area contributed by atoms with Crippen molar-refractivity contribution in [3.05, 3.63) is 59.4 Å². The van der Waals surface area contributed by atoms with E-state index in [-0.39, 0.29) is 5.82 Å². The third-order valence-corrected chi connectivity index (χ3v) is 3.42. The number of nitrogens with zero attached hydrogens (tertiary/aromatic N) is 1. The summed E-state index contributed by atoms with van der Waals surface area (Å²) in [6.45, 7) is 5.74. The maximum Gasteiger partial charge on any atom is 0.267 e. The maximum atomic E-state index is 13.5. The Morgan fingerprint density at radius 3 is 2.64 bits per heavy atom. The molecular formula is C19H21FN2O3. The van der Waals surface area contributed by atoms with E-state index in [4.69, 9.17) is 9.57 Å². The van der Waals surface area contributed by atoms with Gasteiger partial charge >= 0.3 is 0 Å². The minimum absolute atomic E-state index is 0.374. The van der Waals surface area contributed by atoms with Crippen molar-refractivity contribution in [3.8, 4) is 5.75 Å². The summed E-state index contributed by atoms with van der Waals surface area (Å²) in [6, 6.07) is 11.8. The van der Waals surface area contributed by atoms with Gasteiger partial charge in [0.2, 0.25) is 6.10 Å². The SMILES string of the molecule is CCOc1ccc(/C=N/OC(C)C(=O)Nc2ccc(C)c(F)c2)cc1. The van der Waals surface area contributed by atoms with Crippen LogP contribution in [-0.4, -0.2) is 24.8 Å². The molecule has 2 aromatic carbocycles. The zero-order chi connectivity index (χ0) is 18.2. The number of hydrogen-bond acceptors (Lipinski definition) is 4. The van der Waals surface area contributed by atoms with Gasteiger partial charge in [0.05, 0.1) is 12.8 Å². The van der Waals surface area contributed by atoms with Gasteiger partial charge in [-0.25, -0.2) is 4.39 Å². The van der Waals surface area contributed by atoms with Gasteiger partial charge < -0.3 is 14.9 Å². The number of carbonyl (C=O) groups is 1. The number of halogens is 1. The molecule has 1 atom stereocenters. The Labute approximate surface area is 146 Å². The summed E-state index contributed by atoms with van der Waals surface area (Å²) in [5.41, 5.74) is 1.71. The van der Waals surface area contributed by atoms with Crippen molar-refractivity contribution in [1.29, 1.82) is 0 Å². The van der Waals surface area contributed by atoms with E-state index < -0.39 is 12.0 Å². The van der Waals surface area contributed by atoms with Crippen LogP contribution in [0.5, 0.6) is 5.75 Å². The third-order valence-electron chi connectivity index (χ3n) is 3.42. The van der Waals surface area contributed by atoms with E-state index in [1.165, 1.54) is 12.3 Å². The number of hydrogen-bond donors (Lipinski definition) is 1. The lowest BCUT2D eigenvalue weighted by atomic mass is 10.2. The lowest BCUT2D eigenvalue weighted by Crippen LogP contribution is -2.26. The quantitative estimate of drug-likeness (QED) is 0.612. The van der Waals surface area contributed by atoms with Crippen LogP contribution in [0.4, 0.5) is 10.1 Å². The summed E-state index contributed by atoms with van der Waals surface area (Å²) in [5.74, 6) is -0.00867.